The van der Waals surface area contributed by atoms with E-state index in [1.807, 2.05) is 24.3 Å². The summed E-state index contributed by atoms with van der Waals surface area (Å²) in [4.78, 5) is 0. The number of oxime groups is 1. The van der Waals surface area contributed by atoms with Gasteiger partial charge in [0.05, 0.1) is 13.3 Å². The van der Waals surface area contributed by atoms with Gasteiger partial charge in [0.25, 0.3) is 0 Å². The van der Waals surface area contributed by atoms with Crippen molar-refractivity contribution >= 4 is 12.3 Å². The number of benzene rings is 1. The standard InChI is InChI=1S/C16H19NO2/c1-19-16-10-7-13(8-11-16)6-9-14-4-2-3-5-15(14)12-17-18/h6-12,18H,2-5H2,1H3/b9-6+,17-12+. The van der Waals surface area contributed by atoms with E-state index in [0.29, 0.717) is 0 Å². The molecule has 0 spiro atoms. The molecule has 100 valence electrons. The molecule has 3 heteroatoms. The van der Waals surface area contributed by atoms with E-state index in [-0.39, 0.29) is 0 Å². The average Bonchev–Trinajstić information content (AvgIpc) is 2.47. The Morgan fingerprint density at radius 1 is 1.05 bits per heavy atom. The van der Waals surface area contributed by atoms with Gasteiger partial charge in [0.2, 0.25) is 0 Å². The van der Waals surface area contributed by atoms with E-state index in [2.05, 4.69) is 17.3 Å². The van der Waals surface area contributed by atoms with Crippen LogP contribution in [0.5, 0.6) is 5.75 Å². The largest absolute Gasteiger partial charge is 0.497 e. The highest BCUT2D eigenvalue weighted by Crippen LogP contribution is 2.25. The van der Waals surface area contributed by atoms with Gasteiger partial charge in [-0.05, 0) is 54.5 Å². The second-order valence-corrected chi connectivity index (χ2v) is 4.61. The smallest absolute Gasteiger partial charge is 0.118 e. The third-order valence-electron chi connectivity index (χ3n) is 3.36. The van der Waals surface area contributed by atoms with Crippen molar-refractivity contribution < 1.29 is 9.94 Å². The van der Waals surface area contributed by atoms with Gasteiger partial charge in [-0.3, -0.25) is 0 Å². The fourth-order valence-corrected chi connectivity index (χ4v) is 2.27. The minimum atomic E-state index is 0.863. The summed E-state index contributed by atoms with van der Waals surface area (Å²) in [6, 6.07) is 7.95. The third kappa shape index (κ3) is 3.71. The number of rotatable bonds is 4. The van der Waals surface area contributed by atoms with E-state index < -0.39 is 0 Å². The summed E-state index contributed by atoms with van der Waals surface area (Å²) in [7, 11) is 1.66. The summed E-state index contributed by atoms with van der Waals surface area (Å²) >= 11 is 0. The Labute approximate surface area is 113 Å². The molecule has 0 saturated carbocycles. The molecule has 0 fully saturated rings. The molecule has 0 unspecified atom stereocenters. The van der Waals surface area contributed by atoms with Crippen LogP contribution in [0.25, 0.3) is 6.08 Å². The highest BCUT2D eigenvalue weighted by molar-refractivity contribution is 5.80. The number of hydrogen-bond donors (Lipinski definition) is 1. The number of nitrogens with zero attached hydrogens (tertiary/aromatic N) is 1. The fraction of sp³-hybridized carbons (Fsp3) is 0.312. The molecule has 3 nitrogen and oxygen atoms in total. The van der Waals surface area contributed by atoms with Crippen LogP contribution in [0.1, 0.15) is 31.2 Å². The quantitative estimate of drug-likeness (QED) is 0.502. The fourth-order valence-electron chi connectivity index (χ4n) is 2.27. The molecule has 0 bridgehead atoms. The van der Waals surface area contributed by atoms with E-state index in [1.54, 1.807) is 13.3 Å². The molecule has 2 rings (SSSR count). The number of methoxy groups -OCH3 is 1. The number of hydrogen-bond acceptors (Lipinski definition) is 3. The normalized spacial score (nSPS) is 16.5. The Kier molecular flexibility index (Phi) is 4.78. The van der Waals surface area contributed by atoms with Crippen molar-refractivity contribution in [2.24, 2.45) is 5.16 Å². The lowest BCUT2D eigenvalue weighted by atomic mass is 9.92. The van der Waals surface area contributed by atoms with Crippen LogP contribution in [0, 0.1) is 0 Å². The predicted octanol–water partition coefficient (Wildman–Crippen LogP) is 4.04. The van der Waals surface area contributed by atoms with Crippen LogP contribution in [0.15, 0.2) is 46.6 Å². The summed E-state index contributed by atoms with van der Waals surface area (Å²) in [6.45, 7) is 0. The van der Waals surface area contributed by atoms with Crippen molar-refractivity contribution in [2.45, 2.75) is 25.7 Å². The van der Waals surface area contributed by atoms with Gasteiger partial charge in [-0.1, -0.05) is 29.4 Å². The molecule has 1 aliphatic carbocycles. The Morgan fingerprint density at radius 3 is 2.37 bits per heavy atom. The van der Waals surface area contributed by atoms with Crippen LogP contribution in [0.3, 0.4) is 0 Å². The molecule has 0 aliphatic heterocycles. The number of allylic oxidation sites excluding steroid dienone is 3. The van der Waals surface area contributed by atoms with Gasteiger partial charge in [-0.2, -0.15) is 0 Å². The first kappa shape index (κ1) is 13.4. The van der Waals surface area contributed by atoms with Gasteiger partial charge in [-0.15, -0.1) is 0 Å². The van der Waals surface area contributed by atoms with Crippen molar-refractivity contribution in [1.29, 1.82) is 0 Å². The molecule has 19 heavy (non-hydrogen) atoms. The predicted molar refractivity (Wildman–Crippen MR) is 77.8 cm³/mol. The monoisotopic (exact) mass is 257 g/mol. The van der Waals surface area contributed by atoms with E-state index >= 15 is 0 Å². The zero-order valence-corrected chi connectivity index (χ0v) is 11.2. The summed E-state index contributed by atoms with van der Waals surface area (Å²) in [5, 5.41) is 11.8. The summed E-state index contributed by atoms with van der Waals surface area (Å²) < 4.78 is 5.13. The van der Waals surface area contributed by atoms with Gasteiger partial charge in [0, 0.05) is 0 Å². The first-order valence-corrected chi connectivity index (χ1v) is 6.55. The molecule has 1 aromatic carbocycles. The highest BCUT2D eigenvalue weighted by atomic mass is 16.5. The average molecular weight is 257 g/mol. The molecule has 0 atom stereocenters. The Bertz CT molecular complexity index is 498. The van der Waals surface area contributed by atoms with Gasteiger partial charge in [0.1, 0.15) is 5.75 Å². The molecule has 0 aromatic heterocycles. The molecule has 0 radical (unpaired) electrons. The maximum atomic E-state index is 8.68. The first-order valence-electron chi connectivity index (χ1n) is 6.55. The molecule has 0 saturated heterocycles. The van der Waals surface area contributed by atoms with Crippen LogP contribution in [-0.2, 0) is 0 Å². The van der Waals surface area contributed by atoms with E-state index in [1.165, 1.54) is 18.4 Å². The molecule has 0 heterocycles. The van der Waals surface area contributed by atoms with E-state index in [0.717, 1.165) is 29.7 Å². The van der Waals surface area contributed by atoms with Crippen LogP contribution in [0.4, 0.5) is 0 Å². The summed E-state index contributed by atoms with van der Waals surface area (Å²) in [5.74, 6) is 0.863. The van der Waals surface area contributed by atoms with Crippen molar-refractivity contribution in [1.82, 2.24) is 0 Å². The Hall–Kier alpha value is -2.03. The van der Waals surface area contributed by atoms with E-state index in [9.17, 15) is 0 Å². The molecular weight excluding hydrogens is 238 g/mol. The van der Waals surface area contributed by atoms with Crippen molar-refractivity contribution in [3.63, 3.8) is 0 Å². The molecular formula is C16H19NO2. The summed E-state index contributed by atoms with van der Waals surface area (Å²) in [6.07, 6.45) is 10.2. The van der Waals surface area contributed by atoms with Crippen LogP contribution < -0.4 is 4.74 Å². The van der Waals surface area contributed by atoms with Crippen LogP contribution >= 0.6 is 0 Å². The lowest BCUT2D eigenvalue weighted by Crippen LogP contribution is -1.99. The van der Waals surface area contributed by atoms with Crippen LogP contribution in [0.2, 0.25) is 0 Å². The SMILES string of the molecule is COc1ccc(/C=C/C2=C(/C=N/O)CCCC2)cc1. The van der Waals surface area contributed by atoms with Crippen molar-refractivity contribution in [3.05, 3.63) is 47.1 Å². The molecule has 1 aliphatic rings. The molecule has 0 amide bonds. The lowest BCUT2D eigenvalue weighted by molar-refractivity contribution is 0.321. The first-order chi connectivity index (χ1) is 9.33. The van der Waals surface area contributed by atoms with Gasteiger partial charge in [0.15, 0.2) is 0 Å². The second kappa shape index (κ2) is 6.78. The molecule has 1 N–H and O–H groups in total. The topological polar surface area (TPSA) is 41.8 Å². The minimum absolute atomic E-state index is 0.863. The van der Waals surface area contributed by atoms with Crippen molar-refractivity contribution in [2.75, 3.05) is 7.11 Å². The van der Waals surface area contributed by atoms with Gasteiger partial charge >= 0.3 is 0 Å². The lowest BCUT2D eigenvalue weighted by Gasteiger charge is -2.14. The maximum absolute atomic E-state index is 8.68. The van der Waals surface area contributed by atoms with E-state index in [4.69, 9.17) is 9.94 Å². The third-order valence-corrected chi connectivity index (χ3v) is 3.36. The molecule has 1 aromatic rings. The Balaban J connectivity index is 2.15. The minimum Gasteiger partial charge on any atom is -0.497 e. The number of ether oxygens (including phenoxy) is 1. The Morgan fingerprint density at radius 2 is 1.74 bits per heavy atom. The summed E-state index contributed by atoms with van der Waals surface area (Å²) in [5.41, 5.74) is 3.54. The van der Waals surface area contributed by atoms with Gasteiger partial charge < -0.3 is 9.94 Å². The zero-order chi connectivity index (χ0) is 13.5. The van der Waals surface area contributed by atoms with Crippen LogP contribution in [-0.4, -0.2) is 18.5 Å². The maximum Gasteiger partial charge on any atom is 0.118 e. The van der Waals surface area contributed by atoms with Gasteiger partial charge in [-0.25, -0.2) is 0 Å². The van der Waals surface area contributed by atoms with Crippen molar-refractivity contribution in [3.8, 4) is 5.75 Å². The highest BCUT2D eigenvalue weighted by Gasteiger charge is 2.08. The second-order valence-electron chi connectivity index (χ2n) is 4.61. The zero-order valence-electron chi connectivity index (χ0n) is 11.2.